The van der Waals surface area contributed by atoms with E-state index in [2.05, 4.69) is 37.8 Å². The summed E-state index contributed by atoms with van der Waals surface area (Å²) in [7, 11) is 0. The Bertz CT molecular complexity index is 2600. The molecule has 0 aliphatic carbocycles. The molecule has 2 aromatic heterocycles. The number of nitrogens with zero attached hydrogens (tertiary/aromatic N) is 9. The molecule has 0 unspecified atom stereocenters. The molecule has 3 saturated heterocycles. The van der Waals surface area contributed by atoms with Crippen molar-refractivity contribution >= 4 is 29.1 Å². The molecule has 6 heterocycles. The summed E-state index contributed by atoms with van der Waals surface area (Å²) in [6.07, 6.45) is 6.85. The number of benzene rings is 3. The number of hydrogen-bond donors (Lipinski definition) is 1. The van der Waals surface area contributed by atoms with Gasteiger partial charge in [0.05, 0.1) is 53.1 Å². The molecule has 60 heavy (non-hydrogen) atoms. The van der Waals surface area contributed by atoms with Crippen molar-refractivity contribution in [2.75, 3.05) is 55.6 Å². The largest absolute Gasteiger partial charge is 0.369 e. The van der Waals surface area contributed by atoms with E-state index in [9.17, 15) is 24.4 Å². The van der Waals surface area contributed by atoms with Gasteiger partial charge in [0.1, 0.15) is 6.04 Å². The minimum atomic E-state index is -0.816. The van der Waals surface area contributed by atoms with E-state index in [-0.39, 0.29) is 18.0 Å². The van der Waals surface area contributed by atoms with Crippen LogP contribution in [0.25, 0.3) is 22.6 Å². The van der Waals surface area contributed by atoms with Crippen LogP contribution in [0, 0.1) is 17.2 Å². The molecule has 14 heteroatoms. The van der Waals surface area contributed by atoms with Crippen LogP contribution in [0.5, 0.6) is 0 Å². The van der Waals surface area contributed by atoms with E-state index in [1.54, 1.807) is 30.3 Å². The van der Waals surface area contributed by atoms with E-state index in [4.69, 9.17) is 9.97 Å². The Morgan fingerprint density at radius 3 is 2.25 bits per heavy atom. The molecule has 3 fully saturated rings. The molecule has 3 amide bonds. The predicted molar refractivity (Wildman–Crippen MR) is 226 cm³/mol. The lowest BCUT2D eigenvalue weighted by Crippen LogP contribution is -2.51. The maximum Gasteiger partial charge on any atom is 0.267 e. The summed E-state index contributed by atoms with van der Waals surface area (Å²) in [5.41, 5.74) is 6.70. The Morgan fingerprint density at radius 2 is 1.48 bits per heavy atom. The summed E-state index contributed by atoms with van der Waals surface area (Å²) < 4.78 is 1.43. The highest BCUT2D eigenvalue weighted by Gasteiger charge is 2.44. The molecule has 4 aliphatic heterocycles. The Kier molecular flexibility index (Phi) is 10.5. The Labute approximate surface area is 347 Å². The molecule has 14 nitrogen and oxygen atoms in total. The van der Waals surface area contributed by atoms with E-state index in [1.165, 1.54) is 10.7 Å². The second-order valence-corrected chi connectivity index (χ2v) is 15.9. The van der Waals surface area contributed by atoms with Crippen molar-refractivity contribution in [1.29, 1.82) is 5.26 Å². The van der Waals surface area contributed by atoms with Gasteiger partial charge in [0.15, 0.2) is 5.82 Å². The fourth-order valence-electron chi connectivity index (χ4n) is 8.74. The number of piperazine rings is 1. The van der Waals surface area contributed by atoms with Gasteiger partial charge in [-0.15, -0.1) is 0 Å². The molecule has 0 spiro atoms. The standard InChI is InChI=1S/C46H44N10O4/c1-30-8-12-41(44(58)50-30)56-45(59)38-10-9-36(24-39(38)46(56)60)54-20-18-52(19-21-54)28-31-14-16-53(17-15-31)37-26-48-43(49-27-37)35-7-3-5-33(23-35)29-55-42(57)13-11-40(51-55)34-6-2-4-32(22-34)25-47/h2-7,9-11,13,22-24,26-27,31,41H,1,8,12,14-21,28-29H2,(H,50,58)/t41-/m0/s1. The Morgan fingerprint density at radius 1 is 0.750 bits per heavy atom. The van der Waals surface area contributed by atoms with Crippen LogP contribution in [0.3, 0.4) is 0 Å². The van der Waals surface area contributed by atoms with E-state index >= 15 is 0 Å². The minimum absolute atomic E-state index is 0.215. The van der Waals surface area contributed by atoms with Crippen LogP contribution in [-0.4, -0.2) is 99.1 Å². The van der Waals surface area contributed by atoms with Gasteiger partial charge in [-0.05, 0) is 79.6 Å². The van der Waals surface area contributed by atoms with Crippen LogP contribution in [0.1, 0.15) is 57.5 Å². The number of imide groups is 1. The number of fused-ring (bicyclic) bond motifs is 1. The number of allylic oxidation sites excluding steroid dienone is 1. The highest BCUT2D eigenvalue weighted by Crippen LogP contribution is 2.32. The van der Waals surface area contributed by atoms with Crippen LogP contribution < -0.4 is 20.7 Å². The van der Waals surface area contributed by atoms with Crippen LogP contribution in [0.15, 0.2) is 108 Å². The number of anilines is 2. The average molecular weight is 801 g/mol. The van der Waals surface area contributed by atoms with Gasteiger partial charge in [-0.1, -0.05) is 36.9 Å². The molecule has 9 rings (SSSR count). The maximum atomic E-state index is 13.4. The third-order valence-corrected chi connectivity index (χ3v) is 12.1. The van der Waals surface area contributed by atoms with E-state index < -0.39 is 17.9 Å². The van der Waals surface area contributed by atoms with E-state index in [0.717, 1.165) is 91.6 Å². The Balaban J connectivity index is 0.758. The van der Waals surface area contributed by atoms with Crippen molar-refractivity contribution in [3.05, 3.63) is 136 Å². The van der Waals surface area contributed by atoms with Gasteiger partial charge in [-0.3, -0.25) is 29.0 Å². The van der Waals surface area contributed by atoms with Gasteiger partial charge in [0, 0.05) is 74.4 Å². The van der Waals surface area contributed by atoms with Gasteiger partial charge in [0.2, 0.25) is 5.91 Å². The number of amides is 3. The van der Waals surface area contributed by atoms with Gasteiger partial charge in [-0.25, -0.2) is 14.6 Å². The van der Waals surface area contributed by atoms with Crippen molar-refractivity contribution in [3.63, 3.8) is 0 Å². The third-order valence-electron chi connectivity index (χ3n) is 12.1. The van der Waals surface area contributed by atoms with Crippen LogP contribution in [0.4, 0.5) is 11.4 Å². The average Bonchev–Trinajstić information content (AvgIpc) is 3.52. The van der Waals surface area contributed by atoms with Gasteiger partial charge in [-0.2, -0.15) is 10.4 Å². The van der Waals surface area contributed by atoms with Crippen molar-refractivity contribution in [1.82, 2.24) is 34.9 Å². The van der Waals surface area contributed by atoms with Crippen molar-refractivity contribution < 1.29 is 14.4 Å². The monoisotopic (exact) mass is 800 g/mol. The maximum absolute atomic E-state index is 13.4. The number of carbonyl (C=O) groups excluding carboxylic acids is 3. The normalized spacial score (nSPS) is 18.7. The predicted octanol–water partition coefficient (Wildman–Crippen LogP) is 4.71. The summed E-state index contributed by atoms with van der Waals surface area (Å²) in [6.45, 7) is 10.5. The first kappa shape index (κ1) is 38.5. The molecule has 1 atom stereocenters. The molecule has 302 valence electrons. The number of rotatable bonds is 9. The number of nitriles is 1. The lowest BCUT2D eigenvalue weighted by atomic mass is 9.95. The summed E-state index contributed by atoms with van der Waals surface area (Å²) in [4.78, 5) is 69.7. The van der Waals surface area contributed by atoms with Crippen LogP contribution in [-0.2, 0) is 11.3 Å². The molecule has 5 aromatic rings. The minimum Gasteiger partial charge on any atom is -0.369 e. The first-order chi connectivity index (χ1) is 29.2. The molecular formula is C46H44N10O4. The van der Waals surface area contributed by atoms with Crippen LogP contribution >= 0.6 is 0 Å². The van der Waals surface area contributed by atoms with Crippen molar-refractivity contribution in [2.24, 2.45) is 5.92 Å². The van der Waals surface area contributed by atoms with Gasteiger partial charge in [0.25, 0.3) is 17.4 Å². The van der Waals surface area contributed by atoms with Gasteiger partial charge >= 0.3 is 0 Å². The summed E-state index contributed by atoms with van der Waals surface area (Å²) in [5.74, 6) is 0.0215. The van der Waals surface area contributed by atoms with Gasteiger partial charge < -0.3 is 15.1 Å². The number of hydrogen-bond acceptors (Lipinski definition) is 11. The van der Waals surface area contributed by atoms with Crippen molar-refractivity contribution in [2.45, 2.75) is 38.3 Å². The molecule has 4 aliphatic rings. The topological polar surface area (TPSA) is 161 Å². The summed E-state index contributed by atoms with van der Waals surface area (Å²) in [5, 5.41) is 16.6. The SMILES string of the molecule is C=C1CC[C@H](N2C(=O)c3ccc(N4CCN(CC5CCN(c6cnc(-c7cccc(Cn8nc(-c9cccc(C#N)c9)ccc8=O)c7)nc6)CC5)CC4)cc3C2=O)C(=O)N1. The lowest BCUT2D eigenvalue weighted by molar-refractivity contribution is -0.125. The summed E-state index contributed by atoms with van der Waals surface area (Å²) in [6, 6.07) is 25.0. The van der Waals surface area contributed by atoms with E-state index in [0.29, 0.717) is 52.7 Å². The number of piperidine rings is 2. The molecular weight excluding hydrogens is 757 g/mol. The van der Waals surface area contributed by atoms with E-state index in [1.807, 2.05) is 54.9 Å². The molecule has 3 aromatic carbocycles. The first-order valence-corrected chi connectivity index (χ1v) is 20.4. The number of nitrogens with one attached hydrogen (secondary N) is 1. The molecule has 1 N–H and O–H groups in total. The summed E-state index contributed by atoms with van der Waals surface area (Å²) >= 11 is 0. The molecule has 0 saturated carbocycles. The smallest absolute Gasteiger partial charge is 0.267 e. The second kappa shape index (κ2) is 16.3. The zero-order valence-corrected chi connectivity index (χ0v) is 33.2. The molecule has 0 radical (unpaired) electrons. The molecule has 0 bridgehead atoms. The lowest BCUT2D eigenvalue weighted by Gasteiger charge is -2.40. The zero-order chi connectivity index (χ0) is 41.3. The first-order valence-electron chi connectivity index (χ1n) is 20.4. The Hall–Kier alpha value is -6.98. The number of carbonyl (C=O) groups is 3. The highest BCUT2D eigenvalue weighted by atomic mass is 16.2. The van der Waals surface area contributed by atoms with Crippen molar-refractivity contribution in [3.8, 4) is 28.7 Å². The number of aromatic nitrogens is 4. The third kappa shape index (κ3) is 7.79. The second-order valence-electron chi connectivity index (χ2n) is 15.9. The highest BCUT2D eigenvalue weighted by molar-refractivity contribution is 6.23. The fraction of sp³-hybridized carbons (Fsp3) is 0.304. The fourth-order valence-corrected chi connectivity index (χ4v) is 8.74. The van der Waals surface area contributed by atoms with Crippen LogP contribution in [0.2, 0.25) is 0 Å². The zero-order valence-electron chi connectivity index (χ0n) is 33.2. The quantitative estimate of drug-likeness (QED) is 0.206.